The molecule has 0 fully saturated rings. The Morgan fingerprint density at radius 1 is 0.275 bits per heavy atom. The first-order chi connectivity index (χ1) is 37.8. The number of hydrogen-bond donors (Lipinski definition) is 2. The van der Waals surface area contributed by atoms with Crippen molar-refractivity contribution < 1.29 is 0 Å². The first-order valence-electron chi connectivity index (χ1n) is 29.1. The molecule has 0 saturated carbocycles. The Balaban J connectivity index is 1.21. The molecule has 0 aliphatic rings. The molecule has 0 spiro atoms. The van der Waals surface area contributed by atoms with Gasteiger partial charge in [0.25, 0.3) is 0 Å². The van der Waals surface area contributed by atoms with Crippen molar-refractivity contribution in [3.8, 4) is 44.5 Å². The summed E-state index contributed by atoms with van der Waals surface area (Å²) in [5.74, 6) is 0. The number of nitrogens with zero attached hydrogens (tertiary/aromatic N) is 2. The average molecular weight is 1050 g/mol. The van der Waals surface area contributed by atoms with Crippen LogP contribution in [0.2, 0.25) is 0 Å². The highest BCUT2D eigenvalue weighted by Gasteiger charge is 2.25. The molecule has 0 saturated heterocycles. The van der Waals surface area contributed by atoms with Crippen LogP contribution in [-0.4, -0.2) is 9.13 Å². The molecule has 4 heteroatoms. The standard InChI is InChI=1S/C76H82N4/c1-47(2)79-69-23-19-17-21-57(69)59-37-29-51(41-71(59)79)63-45-64(52-30-38-60-58-22-18-20-24-70(58)80(48(3)4)72(60)42-52)68(78-66-40-36-56(76(14,15)16)44-62(66)50-27-33-54(34-28-50)74(8,9)10)46-67(63)77-65-39-35-55(75(11,12)13)43-61(65)49-25-31-53(32-26-49)73(5,6)7/h17-48,77-78H,1-16H3. The predicted molar refractivity (Wildman–Crippen MR) is 349 cm³/mol. The molecule has 2 N–H and O–H groups in total. The highest BCUT2D eigenvalue weighted by atomic mass is 15.0. The summed E-state index contributed by atoms with van der Waals surface area (Å²) < 4.78 is 5.02. The van der Waals surface area contributed by atoms with Crippen LogP contribution in [-0.2, 0) is 21.7 Å². The van der Waals surface area contributed by atoms with E-state index >= 15 is 0 Å². The van der Waals surface area contributed by atoms with E-state index in [0.717, 1.165) is 45.0 Å². The number of para-hydroxylation sites is 2. The SMILES string of the molecule is CC(C)n1c2ccccc2c2ccc(-c3cc(-c4ccc5c6ccccc6n(C(C)C)c5c4)c(Nc4ccc(C(C)(C)C)cc4-c4ccc(C(C)(C)C)cc4)cc3Nc3ccc(C(C)(C)C)cc3-c3ccc(C(C)(C)C)cc3)cc21. The smallest absolute Gasteiger partial charge is 0.0500 e. The molecular formula is C76H82N4. The van der Waals surface area contributed by atoms with E-state index in [1.165, 1.54) is 88.1 Å². The van der Waals surface area contributed by atoms with Crippen molar-refractivity contribution in [2.24, 2.45) is 0 Å². The van der Waals surface area contributed by atoms with Crippen molar-refractivity contribution in [1.29, 1.82) is 0 Å². The van der Waals surface area contributed by atoms with Crippen LogP contribution < -0.4 is 10.6 Å². The van der Waals surface area contributed by atoms with Gasteiger partial charge in [-0.3, -0.25) is 0 Å². The van der Waals surface area contributed by atoms with Crippen LogP contribution in [0.15, 0.2) is 182 Å². The lowest BCUT2D eigenvalue weighted by Gasteiger charge is -2.25. The molecule has 9 aromatic carbocycles. The van der Waals surface area contributed by atoms with Gasteiger partial charge in [-0.25, -0.2) is 0 Å². The van der Waals surface area contributed by atoms with E-state index in [2.05, 4.69) is 313 Å². The van der Waals surface area contributed by atoms with Crippen LogP contribution >= 0.6 is 0 Å². The van der Waals surface area contributed by atoms with E-state index < -0.39 is 0 Å². The minimum Gasteiger partial charge on any atom is -0.354 e. The highest BCUT2D eigenvalue weighted by Crippen LogP contribution is 2.47. The Morgan fingerprint density at radius 2 is 0.588 bits per heavy atom. The van der Waals surface area contributed by atoms with E-state index in [4.69, 9.17) is 0 Å². The van der Waals surface area contributed by atoms with Gasteiger partial charge in [0.1, 0.15) is 0 Å². The zero-order valence-corrected chi connectivity index (χ0v) is 50.4. The van der Waals surface area contributed by atoms with E-state index in [0.29, 0.717) is 0 Å². The fraction of sp³-hybridized carbons (Fsp3) is 0.289. The number of fused-ring (bicyclic) bond motifs is 6. The first kappa shape index (κ1) is 54.2. The molecule has 80 heavy (non-hydrogen) atoms. The largest absolute Gasteiger partial charge is 0.354 e. The molecule has 406 valence electrons. The lowest BCUT2D eigenvalue weighted by molar-refractivity contribution is 0.589. The molecule has 4 nitrogen and oxygen atoms in total. The Morgan fingerprint density at radius 3 is 0.938 bits per heavy atom. The van der Waals surface area contributed by atoms with Gasteiger partial charge in [0.15, 0.2) is 0 Å². The van der Waals surface area contributed by atoms with Gasteiger partial charge in [-0.15, -0.1) is 0 Å². The van der Waals surface area contributed by atoms with Gasteiger partial charge in [-0.2, -0.15) is 0 Å². The third kappa shape index (κ3) is 10.1. The molecule has 0 unspecified atom stereocenters. The van der Waals surface area contributed by atoms with Crippen molar-refractivity contribution in [3.05, 3.63) is 204 Å². The van der Waals surface area contributed by atoms with Crippen molar-refractivity contribution >= 4 is 66.4 Å². The van der Waals surface area contributed by atoms with Gasteiger partial charge in [0, 0.05) is 101 Å². The number of rotatable bonds is 10. The van der Waals surface area contributed by atoms with Crippen molar-refractivity contribution in [2.75, 3.05) is 10.6 Å². The Labute approximate surface area is 476 Å². The van der Waals surface area contributed by atoms with Gasteiger partial charge in [-0.1, -0.05) is 204 Å². The fourth-order valence-electron chi connectivity index (χ4n) is 12.0. The van der Waals surface area contributed by atoms with Crippen molar-refractivity contribution in [2.45, 2.75) is 145 Å². The van der Waals surface area contributed by atoms with Gasteiger partial charge < -0.3 is 19.8 Å². The van der Waals surface area contributed by atoms with E-state index in [1.54, 1.807) is 0 Å². The Kier molecular flexibility index (Phi) is 13.6. The van der Waals surface area contributed by atoms with E-state index in [9.17, 15) is 0 Å². The molecule has 11 aromatic rings. The van der Waals surface area contributed by atoms with Gasteiger partial charge in [-0.05, 0) is 155 Å². The van der Waals surface area contributed by atoms with E-state index in [-0.39, 0.29) is 33.7 Å². The quantitative estimate of drug-likeness (QED) is 0.143. The minimum absolute atomic E-state index is 0.0357. The zero-order valence-electron chi connectivity index (χ0n) is 50.4. The first-order valence-corrected chi connectivity index (χ1v) is 29.1. The molecule has 2 aromatic heterocycles. The number of hydrogen-bond acceptors (Lipinski definition) is 2. The average Bonchev–Trinajstić information content (AvgIpc) is 3.96. The molecule has 0 radical (unpaired) electrons. The van der Waals surface area contributed by atoms with Crippen molar-refractivity contribution in [3.63, 3.8) is 0 Å². The summed E-state index contributed by atoms with van der Waals surface area (Å²) in [6, 6.07) is 69.9. The lowest BCUT2D eigenvalue weighted by Crippen LogP contribution is -2.12. The van der Waals surface area contributed by atoms with Crippen LogP contribution in [0.5, 0.6) is 0 Å². The summed E-state index contributed by atoms with van der Waals surface area (Å²) in [6.45, 7) is 36.8. The molecular weight excluding hydrogens is 969 g/mol. The fourth-order valence-corrected chi connectivity index (χ4v) is 12.0. The Hall–Kier alpha value is -7.82. The molecule has 0 aliphatic carbocycles. The topological polar surface area (TPSA) is 33.9 Å². The molecule has 0 amide bonds. The molecule has 0 aliphatic heterocycles. The van der Waals surface area contributed by atoms with Crippen LogP contribution in [0.3, 0.4) is 0 Å². The molecule has 0 bridgehead atoms. The normalized spacial score (nSPS) is 12.7. The summed E-state index contributed by atoms with van der Waals surface area (Å²) in [4.78, 5) is 0. The number of nitrogens with one attached hydrogen (secondary N) is 2. The van der Waals surface area contributed by atoms with Crippen LogP contribution in [0.4, 0.5) is 22.7 Å². The second-order valence-electron chi connectivity index (χ2n) is 27.3. The lowest BCUT2D eigenvalue weighted by atomic mass is 9.83. The van der Waals surface area contributed by atoms with Crippen LogP contribution in [0, 0.1) is 0 Å². The van der Waals surface area contributed by atoms with Gasteiger partial charge in [0.05, 0.1) is 0 Å². The Bertz CT molecular complexity index is 3860. The summed E-state index contributed by atoms with van der Waals surface area (Å²) in [5.41, 5.74) is 23.5. The van der Waals surface area contributed by atoms with E-state index in [1.807, 2.05) is 0 Å². The summed E-state index contributed by atoms with van der Waals surface area (Å²) >= 11 is 0. The van der Waals surface area contributed by atoms with Crippen molar-refractivity contribution in [1.82, 2.24) is 9.13 Å². The third-order valence-corrected chi connectivity index (χ3v) is 16.7. The monoisotopic (exact) mass is 1050 g/mol. The molecule has 2 heterocycles. The number of benzene rings is 9. The predicted octanol–water partition coefficient (Wildman–Crippen LogP) is 22.4. The summed E-state index contributed by atoms with van der Waals surface area (Å²) in [6.07, 6.45) is 0. The third-order valence-electron chi connectivity index (χ3n) is 16.7. The van der Waals surface area contributed by atoms with Crippen LogP contribution in [0.25, 0.3) is 88.1 Å². The number of anilines is 4. The second kappa shape index (κ2) is 20.1. The number of aromatic nitrogens is 2. The second-order valence-corrected chi connectivity index (χ2v) is 27.3. The maximum absolute atomic E-state index is 4.19. The minimum atomic E-state index is -0.0531. The summed E-state index contributed by atoms with van der Waals surface area (Å²) in [7, 11) is 0. The maximum Gasteiger partial charge on any atom is 0.0500 e. The molecule has 0 atom stereocenters. The summed E-state index contributed by atoms with van der Waals surface area (Å²) in [5, 5.41) is 13.5. The maximum atomic E-state index is 4.19. The van der Waals surface area contributed by atoms with Gasteiger partial charge in [0.2, 0.25) is 0 Å². The van der Waals surface area contributed by atoms with Gasteiger partial charge >= 0.3 is 0 Å². The zero-order chi connectivity index (χ0) is 56.8. The highest BCUT2D eigenvalue weighted by molar-refractivity contribution is 6.11. The molecule has 11 rings (SSSR count). The van der Waals surface area contributed by atoms with Crippen LogP contribution in [0.1, 0.15) is 145 Å².